The van der Waals surface area contributed by atoms with Crippen molar-refractivity contribution in [1.82, 2.24) is 0 Å². The lowest BCUT2D eigenvalue weighted by Gasteiger charge is -2.15. The summed E-state index contributed by atoms with van der Waals surface area (Å²) < 4.78 is 0. The molecule has 21 heavy (non-hydrogen) atoms. The van der Waals surface area contributed by atoms with Gasteiger partial charge in [-0.2, -0.15) is 0 Å². The fourth-order valence-electron chi connectivity index (χ4n) is 2.65. The molecule has 0 saturated heterocycles. The molecule has 2 nitrogen and oxygen atoms in total. The van der Waals surface area contributed by atoms with E-state index < -0.39 is 0 Å². The van der Waals surface area contributed by atoms with Gasteiger partial charge in [0.2, 0.25) is 0 Å². The Bertz CT molecular complexity index is 182. The molecule has 0 heterocycles. The summed E-state index contributed by atoms with van der Waals surface area (Å²) in [7, 11) is 0. The van der Waals surface area contributed by atoms with Crippen molar-refractivity contribution in [3.05, 3.63) is 0 Å². The van der Waals surface area contributed by atoms with Crippen molar-refractivity contribution in [2.45, 2.75) is 117 Å². The van der Waals surface area contributed by atoms with Crippen LogP contribution in [0.1, 0.15) is 111 Å². The van der Waals surface area contributed by atoms with Crippen LogP contribution in [0, 0.1) is 0 Å². The molecule has 0 aromatic carbocycles. The van der Waals surface area contributed by atoms with Crippen molar-refractivity contribution in [1.29, 1.82) is 0 Å². The van der Waals surface area contributed by atoms with E-state index in [2.05, 4.69) is 20.8 Å². The molecule has 1 unspecified atom stereocenters. The molecular weight excluding hydrogens is 260 g/mol. The number of unbranched alkanes of at least 4 members (excludes halogenated alkanes) is 9. The molecule has 0 rings (SSSR count). The maximum atomic E-state index is 5.51. The third-order valence-electron chi connectivity index (χ3n) is 3.98. The largest absolute Gasteiger partial charge is 0.236 e. The summed E-state index contributed by atoms with van der Waals surface area (Å²) in [5.74, 6) is 0. The van der Waals surface area contributed by atoms with Gasteiger partial charge in [-0.05, 0) is 19.3 Å². The Labute approximate surface area is 133 Å². The van der Waals surface area contributed by atoms with Crippen LogP contribution in [0.3, 0.4) is 0 Å². The smallest absolute Gasteiger partial charge is 0.0929 e. The second kappa shape index (κ2) is 18.0. The standard InChI is InChI=1S/C19H40O2/c1-4-7-8-9-10-11-12-13-14-15-17-19(16-5-2)21-20-18-6-3/h19H,4-18H2,1-3H3. The first kappa shape index (κ1) is 20.9. The topological polar surface area (TPSA) is 18.5 Å². The van der Waals surface area contributed by atoms with Crippen LogP contribution in [0.4, 0.5) is 0 Å². The summed E-state index contributed by atoms with van der Waals surface area (Å²) in [5.41, 5.74) is 0. The molecule has 0 aromatic heterocycles. The van der Waals surface area contributed by atoms with Crippen molar-refractivity contribution in [3.8, 4) is 0 Å². The van der Waals surface area contributed by atoms with Crippen molar-refractivity contribution in [3.63, 3.8) is 0 Å². The van der Waals surface area contributed by atoms with Crippen LogP contribution < -0.4 is 0 Å². The summed E-state index contributed by atoms with van der Waals surface area (Å²) in [6.07, 6.45) is 18.8. The van der Waals surface area contributed by atoms with Crippen LogP contribution in [0.15, 0.2) is 0 Å². The Balaban J connectivity index is 3.32. The summed E-state index contributed by atoms with van der Waals surface area (Å²) >= 11 is 0. The van der Waals surface area contributed by atoms with E-state index in [0.717, 1.165) is 25.9 Å². The van der Waals surface area contributed by atoms with Gasteiger partial charge in [-0.3, -0.25) is 0 Å². The number of hydrogen-bond donors (Lipinski definition) is 0. The first-order valence-electron chi connectivity index (χ1n) is 9.63. The summed E-state index contributed by atoms with van der Waals surface area (Å²) in [6, 6.07) is 0. The molecule has 0 aliphatic heterocycles. The van der Waals surface area contributed by atoms with E-state index in [0.29, 0.717) is 6.10 Å². The lowest BCUT2D eigenvalue weighted by molar-refractivity contribution is -0.326. The molecule has 0 N–H and O–H groups in total. The zero-order valence-electron chi connectivity index (χ0n) is 15.0. The number of rotatable bonds is 17. The highest BCUT2D eigenvalue weighted by Crippen LogP contribution is 2.15. The van der Waals surface area contributed by atoms with E-state index in [1.165, 1.54) is 70.6 Å². The van der Waals surface area contributed by atoms with Gasteiger partial charge >= 0.3 is 0 Å². The van der Waals surface area contributed by atoms with Crippen LogP contribution in [0.5, 0.6) is 0 Å². The highest BCUT2D eigenvalue weighted by Gasteiger charge is 2.08. The van der Waals surface area contributed by atoms with Crippen LogP contribution in [-0.4, -0.2) is 12.7 Å². The zero-order valence-corrected chi connectivity index (χ0v) is 15.0. The second-order valence-corrected chi connectivity index (χ2v) is 6.30. The molecule has 0 bridgehead atoms. The maximum Gasteiger partial charge on any atom is 0.0929 e. The van der Waals surface area contributed by atoms with Gasteiger partial charge in [0.1, 0.15) is 0 Å². The monoisotopic (exact) mass is 300 g/mol. The van der Waals surface area contributed by atoms with Gasteiger partial charge in [0, 0.05) is 0 Å². The molecule has 0 radical (unpaired) electrons. The fourth-order valence-corrected chi connectivity index (χ4v) is 2.65. The van der Waals surface area contributed by atoms with Crippen LogP contribution in [-0.2, 0) is 9.78 Å². The molecule has 0 saturated carbocycles. The van der Waals surface area contributed by atoms with Gasteiger partial charge in [0.15, 0.2) is 0 Å². The molecule has 0 spiro atoms. The Morgan fingerprint density at radius 1 is 0.571 bits per heavy atom. The van der Waals surface area contributed by atoms with Crippen molar-refractivity contribution < 1.29 is 9.78 Å². The number of hydrogen-bond acceptors (Lipinski definition) is 2. The Morgan fingerprint density at radius 2 is 1.14 bits per heavy atom. The van der Waals surface area contributed by atoms with Gasteiger partial charge < -0.3 is 0 Å². The minimum atomic E-state index is 0.315. The predicted octanol–water partition coefficient (Wildman–Crippen LogP) is 6.82. The summed E-state index contributed by atoms with van der Waals surface area (Å²) in [4.78, 5) is 10.7. The lowest BCUT2D eigenvalue weighted by Crippen LogP contribution is -2.13. The van der Waals surface area contributed by atoms with E-state index in [1.54, 1.807) is 0 Å². The summed E-state index contributed by atoms with van der Waals surface area (Å²) in [6.45, 7) is 7.33. The SMILES string of the molecule is CCCCCCCCCCCCC(CCC)OOCCC. The molecule has 0 fully saturated rings. The molecule has 0 aliphatic rings. The van der Waals surface area contributed by atoms with Crippen LogP contribution in [0.2, 0.25) is 0 Å². The van der Waals surface area contributed by atoms with E-state index in [9.17, 15) is 0 Å². The second-order valence-electron chi connectivity index (χ2n) is 6.30. The fraction of sp³-hybridized carbons (Fsp3) is 1.00. The molecule has 0 aromatic rings. The normalized spacial score (nSPS) is 12.7. The van der Waals surface area contributed by atoms with Crippen LogP contribution in [0.25, 0.3) is 0 Å². The first-order chi connectivity index (χ1) is 10.3. The van der Waals surface area contributed by atoms with Crippen LogP contribution >= 0.6 is 0 Å². The average molecular weight is 301 g/mol. The minimum absolute atomic E-state index is 0.315. The average Bonchev–Trinajstić information content (AvgIpc) is 2.49. The van der Waals surface area contributed by atoms with Crippen molar-refractivity contribution in [2.75, 3.05) is 6.61 Å². The van der Waals surface area contributed by atoms with Crippen molar-refractivity contribution >= 4 is 0 Å². The lowest BCUT2D eigenvalue weighted by atomic mass is 10.0. The van der Waals surface area contributed by atoms with Gasteiger partial charge in [-0.25, -0.2) is 9.78 Å². The third kappa shape index (κ3) is 16.1. The van der Waals surface area contributed by atoms with Gasteiger partial charge in [-0.1, -0.05) is 91.4 Å². The van der Waals surface area contributed by atoms with E-state index in [1.807, 2.05) is 0 Å². The van der Waals surface area contributed by atoms with E-state index in [4.69, 9.17) is 9.78 Å². The van der Waals surface area contributed by atoms with E-state index >= 15 is 0 Å². The molecule has 2 heteroatoms. The molecular formula is C19H40O2. The predicted molar refractivity (Wildman–Crippen MR) is 92.5 cm³/mol. The van der Waals surface area contributed by atoms with E-state index in [-0.39, 0.29) is 0 Å². The Kier molecular flexibility index (Phi) is 17.9. The maximum absolute atomic E-state index is 5.51. The third-order valence-corrected chi connectivity index (χ3v) is 3.98. The van der Waals surface area contributed by atoms with Gasteiger partial charge in [0.05, 0.1) is 12.7 Å². The highest BCUT2D eigenvalue weighted by molar-refractivity contribution is 4.57. The molecule has 1 atom stereocenters. The highest BCUT2D eigenvalue weighted by atomic mass is 17.2. The molecule has 0 aliphatic carbocycles. The summed E-state index contributed by atoms with van der Waals surface area (Å²) in [5, 5.41) is 0. The molecule has 128 valence electrons. The van der Waals surface area contributed by atoms with Gasteiger partial charge in [0.25, 0.3) is 0 Å². The Morgan fingerprint density at radius 3 is 1.67 bits per heavy atom. The van der Waals surface area contributed by atoms with Crippen molar-refractivity contribution in [2.24, 2.45) is 0 Å². The Hall–Kier alpha value is -0.0800. The first-order valence-corrected chi connectivity index (χ1v) is 9.63. The molecule has 0 amide bonds. The van der Waals surface area contributed by atoms with Gasteiger partial charge in [-0.15, -0.1) is 0 Å². The zero-order chi connectivity index (χ0) is 15.6. The quantitative estimate of drug-likeness (QED) is 0.167. The minimum Gasteiger partial charge on any atom is -0.236 e.